The quantitative estimate of drug-likeness (QED) is 0.233. The Morgan fingerprint density at radius 2 is 1.71 bits per heavy atom. The summed E-state index contributed by atoms with van der Waals surface area (Å²) >= 11 is 1.34. The molecule has 35 heavy (non-hydrogen) atoms. The number of thioether (sulfide) groups is 1. The van der Waals surface area contributed by atoms with Crippen molar-refractivity contribution in [2.45, 2.75) is 17.8 Å². The van der Waals surface area contributed by atoms with E-state index in [0.717, 1.165) is 11.1 Å². The molecular formula is C26H22N4O4S. The van der Waals surface area contributed by atoms with Crippen LogP contribution in [0.4, 0.5) is 0 Å². The summed E-state index contributed by atoms with van der Waals surface area (Å²) in [5.74, 6) is 2.38. The molecule has 8 nitrogen and oxygen atoms in total. The Bertz CT molecular complexity index is 1560. The molecule has 2 aromatic heterocycles. The Morgan fingerprint density at radius 3 is 2.49 bits per heavy atom. The molecule has 0 saturated heterocycles. The summed E-state index contributed by atoms with van der Waals surface area (Å²) in [6.45, 7) is 2.02. The first-order chi connectivity index (χ1) is 17.1. The largest absolute Gasteiger partial charge is 0.493 e. The minimum atomic E-state index is -0.184. The summed E-state index contributed by atoms with van der Waals surface area (Å²) < 4.78 is 17.8. The van der Waals surface area contributed by atoms with E-state index in [4.69, 9.17) is 19.0 Å². The number of hydrogen-bond donors (Lipinski definition) is 0. The van der Waals surface area contributed by atoms with E-state index in [0.29, 0.717) is 50.7 Å². The normalized spacial score (nSPS) is 11.1. The molecule has 3 aromatic carbocycles. The SMILES string of the molecule is COc1ccc(-n2c(SCc3nc(-c4ccc(C)cc4)no3)nc3ccccc3c2=O)cc1OC. The van der Waals surface area contributed by atoms with E-state index in [-0.39, 0.29) is 5.56 Å². The highest BCUT2D eigenvalue weighted by molar-refractivity contribution is 7.98. The first kappa shape index (κ1) is 22.7. The summed E-state index contributed by atoms with van der Waals surface area (Å²) in [6, 6.07) is 20.5. The number of aromatic nitrogens is 4. The molecule has 0 aliphatic carbocycles. The highest BCUT2D eigenvalue weighted by atomic mass is 32.2. The first-order valence-electron chi connectivity index (χ1n) is 10.8. The first-order valence-corrected chi connectivity index (χ1v) is 11.8. The number of hydrogen-bond acceptors (Lipinski definition) is 8. The fraction of sp³-hybridized carbons (Fsp3) is 0.154. The number of methoxy groups -OCH3 is 2. The third kappa shape index (κ3) is 4.50. The zero-order valence-corrected chi connectivity index (χ0v) is 20.2. The van der Waals surface area contributed by atoms with Crippen LogP contribution in [0, 0.1) is 6.92 Å². The molecule has 0 spiro atoms. The number of rotatable bonds is 7. The number of fused-ring (bicyclic) bond motifs is 1. The summed E-state index contributed by atoms with van der Waals surface area (Å²) in [7, 11) is 3.12. The predicted octanol–water partition coefficient (Wildman–Crippen LogP) is 5.05. The second kappa shape index (κ2) is 9.63. The van der Waals surface area contributed by atoms with Gasteiger partial charge in [0.1, 0.15) is 0 Å². The maximum atomic E-state index is 13.5. The molecule has 0 bridgehead atoms. The second-order valence-corrected chi connectivity index (χ2v) is 8.70. The van der Waals surface area contributed by atoms with Crippen LogP contribution in [-0.4, -0.2) is 33.9 Å². The Kier molecular flexibility index (Phi) is 6.24. The Hall–Kier alpha value is -4.11. The van der Waals surface area contributed by atoms with Gasteiger partial charge in [-0.3, -0.25) is 9.36 Å². The third-order valence-corrected chi connectivity index (χ3v) is 6.40. The fourth-order valence-corrected chi connectivity index (χ4v) is 4.51. The van der Waals surface area contributed by atoms with Gasteiger partial charge in [0.05, 0.1) is 36.6 Å². The number of aryl methyl sites for hydroxylation is 1. The molecule has 0 saturated carbocycles. The van der Waals surface area contributed by atoms with Crippen LogP contribution in [-0.2, 0) is 5.75 Å². The van der Waals surface area contributed by atoms with Gasteiger partial charge >= 0.3 is 0 Å². The highest BCUT2D eigenvalue weighted by Crippen LogP contribution is 2.31. The predicted molar refractivity (Wildman–Crippen MR) is 134 cm³/mol. The van der Waals surface area contributed by atoms with Gasteiger partial charge in [0.15, 0.2) is 16.7 Å². The van der Waals surface area contributed by atoms with Crippen molar-refractivity contribution in [3.63, 3.8) is 0 Å². The Balaban J connectivity index is 1.53. The Morgan fingerprint density at radius 1 is 0.943 bits per heavy atom. The van der Waals surface area contributed by atoms with Crippen molar-refractivity contribution in [2.24, 2.45) is 0 Å². The van der Waals surface area contributed by atoms with Gasteiger partial charge in [-0.2, -0.15) is 4.98 Å². The van der Waals surface area contributed by atoms with Gasteiger partial charge in [-0.15, -0.1) is 0 Å². The van der Waals surface area contributed by atoms with E-state index in [1.165, 1.54) is 11.8 Å². The lowest BCUT2D eigenvalue weighted by molar-refractivity contribution is 0.354. The molecule has 0 aliphatic rings. The van der Waals surface area contributed by atoms with Crippen molar-refractivity contribution < 1.29 is 14.0 Å². The molecule has 0 atom stereocenters. The van der Waals surface area contributed by atoms with Crippen LogP contribution >= 0.6 is 11.8 Å². The van der Waals surface area contributed by atoms with Gasteiger partial charge in [-0.1, -0.05) is 58.9 Å². The standard InChI is InChI=1S/C26H22N4O4S/c1-16-8-10-17(11-9-16)24-28-23(34-29-24)15-35-26-27-20-7-5-4-6-19(20)25(31)30(26)18-12-13-21(32-2)22(14-18)33-3/h4-14H,15H2,1-3H3. The van der Waals surface area contributed by atoms with Gasteiger partial charge in [0, 0.05) is 11.6 Å². The lowest BCUT2D eigenvalue weighted by Crippen LogP contribution is -2.21. The molecule has 9 heteroatoms. The van der Waals surface area contributed by atoms with Crippen LogP contribution < -0.4 is 15.0 Å². The average molecular weight is 487 g/mol. The van der Waals surface area contributed by atoms with Gasteiger partial charge in [-0.25, -0.2) is 4.98 Å². The summed E-state index contributed by atoms with van der Waals surface area (Å²) in [6.07, 6.45) is 0. The molecule has 0 unspecified atom stereocenters. The van der Waals surface area contributed by atoms with Crippen molar-refractivity contribution in [1.29, 1.82) is 0 Å². The topological polar surface area (TPSA) is 92.3 Å². The molecule has 176 valence electrons. The van der Waals surface area contributed by atoms with E-state index in [2.05, 4.69) is 10.1 Å². The Labute approximate surface area is 205 Å². The highest BCUT2D eigenvalue weighted by Gasteiger charge is 2.17. The molecule has 0 aliphatic heterocycles. The molecule has 0 fully saturated rings. The van der Waals surface area contributed by atoms with Crippen LogP contribution in [0.25, 0.3) is 28.0 Å². The van der Waals surface area contributed by atoms with Crippen molar-refractivity contribution in [1.82, 2.24) is 19.7 Å². The van der Waals surface area contributed by atoms with Gasteiger partial charge < -0.3 is 14.0 Å². The minimum Gasteiger partial charge on any atom is -0.493 e. The van der Waals surface area contributed by atoms with E-state index in [9.17, 15) is 4.79 Å². The average Bonchev–Trinajstić information content (AvgIpc) is 3.36. The lowest BCUT2D eigenvalue weighted by Gasteiger charge is -2.15. The maximum absolute atomic E-state index is 13.5. The third-order valence-electron chi connectivity index (χ3n) is 5.47. The molecular weight excluding hydrogens is 464 g/mol. The van der Waals surface area contributed by atoms with Gasteiger partial charge in [0.25, 0.3) is 5.56 Å². The molecule has 5 rings (SSSR count). The smallest absolute Gasteiger partial charge is 0.266 e. The number of para-hydroxylation sites is 1. The molecule has 5 aromatic rings. The minimum absolute atomic E-state index is 0.184. The van der Waals surface area contributed by atoms with Crippen LogP contribution in [0.3, 0.4) is 0 Å². The second-order valence-electron chi connectivity index (χ2n) is 7.76. The van der Waals surface area contributed by atoms with Crippen molar-refractivity contribution >= 4 is 22.7 Å². The molecule has 0 radical (unpaired) electrons. The molecule has 2 heterocycles. The van der Waals surface area contributed by atoms with E-state index in [1.54, 1.807) is 43.1 Å². The summed E-state index contributed by atoms with van der Waals surface area (Å²) in [5.41, 5.74) is 3.07. The lowest BCUT2D eigenvalue weighted by atomic mass is 10.1. The van der Waals surface area contributed by atoms with Crippen LogP contribution in [0.15, 0.2) is 81.2 Å². The number of ether oxygens (including phenoxy) is 2. The number of nitrogens with zero attached hydrogens (tertiary/aromatic N) is 4. The molecule has 0 amide bonds. The van der Waals surface area contributed by atoms with Gasteiger partial charge in [-0.05, 0) is 31.2 Å². The van der Waals surface area contributed by atoms with Crippen LogP contribution in [0.1, 0.15) is 11.5 Å². The fourth-order valence-electron chi connectivity index (χ4n) is 3.66. The van der Waals surface area contributed by atoms with Gasteiger partial charge in [0.2, 0.25) is 11.7 Å². The van der Waals surface area contributed by atoms with E-state index in [1.807, 2.05) is 49.4 Å². The number of benzene rings is 3. The summed E-state index contributed by atoms with van der Waals surface area (Å²) in [5, 5.41) is 5.12. The maximum Gasteiger partial charge on any atom is 0.266 e. The van der Waals surface area contributed by atoms with Crippen molar-refractivity contribution in [2.75, 3.05) is 14.2 Å². The zero-order chi connectivity index (χ0) is 24.4. The van der Waals surface area contributed by atoms with Crippen molar-refractivity contribution in [3.05, 3.63) is 88.5 Å². The van der Waals surface area contributed by atoms with Crippen molar-refractivity contribution in [3.8, 4) is 28.6 Å². The van der Waals surface area contributed by atoms with E-state index < -0.39 is 0 Å². The van der Waals surface area contributed by atoms with Crippen LogP contribution in [0.5, 0.6) is 11.5 Å². The summed E-state index contributed by atoms with van der Waals surface area (Å²) in [4.78, 5) is 22.8. The van der Waals surface area contributed by atoms with Crippen LogP contribution in [0.2, 0.25) is 0 Å². The molecule has 0 N–H and O–H groups in total. The monoisotopic (exact) mass is 486 g/mol. The zero-order valence-electron chi connectivity index (χ0n) is 19.4. The van der Waals surface area contributed by atoms with E-state index >= 15 is 0 Å².